The number of ether oxygens (including phenoxy) is 2. The zero-order valence-electron chi connectivity index (χ0n) is 17.1. The number of nitrogens with one attached hydrogen (secondary N) is 2. The molecule has 0 aromatic heterocycles. The van der Waals surface area contributed by atoms with Gasteiger partial charge in [-0.05, 0) is 76.4 Å². The zero-order chi connectivity index (χ0) is 22.4. The van der Waals surface area contributed by atoms with Gasteiger partial charge in [-0.3, -0.25) is 20.4 Å². The highest BCUT2D eigenvalue weighted by Crippen LogP contribution is 2.34. The van der Waals surface area contributed by atoms with E-state index in [2.05, 4.69) is 42.7 Å². The molecule has 2 N–H and O–H groups in total. The van der Waals surface area contributed by atoms with Crippen molar-refractivity contribution < 1.29 is 19.1 Å². The number of benzene rings is 3. The predicted molar refractivity (Wildman–Crippen MR) is 127 cm³/mol. The summed E-state index contributed by atoms with van der Waals surface area (Å²) in [4.78, 5) is 24.5. The van der Waals surface area contributed by atoms with Gasteiger partial charge in [-0.2, -0.15) is 0 Å². The summed E-state index contributed by atoms with van der Waals surface area (Å²) in [7, 11) is 0. The highest BCUT2D eigenvalue weighted by molar-refractivity contribution is 9.11. The van der Waals surface area contributed by atoms with Crippen molar-refractivity contribution in [3.8, 4) is 11.5 Å². The van der Waals surface area contributed by atoms with Crippen LogP contribution in [0.2, 0.25) is 0 Å². The number of rotatable bonds is 7. The number of hydrazine groups is 1. The van der Waals surface area contributed by atoms with Gasteiger partial charge < -0.3 is 9.47 Å². The van der Waals surface area contributed by atoms with E-state index in [1.54, 1.807) is 30.3 Å². The maximum atomic E-state index is 12.3. The van der Waals surface area contributed by atoms with Gasteiger partial charge in [0.15, 0.2) is 6.61 Å². The summed E-state index contributed by atoms with van der Waals surface area (Å²) in [5, 5.41) is 2.00. The molecular formula is C23H22Br2N2O4. The average molecular weight is 550 g/mol. The first kappa shape index (κ1) is 23.1. The molecule has 1 atom stereocenters. The standard InChI is InChI=1S/C23H22Br2N2O4/c1-3-14(2)31-18-6-4-5-16(12-18)23(29)27-26-21(28)13-30-20-10-7-15-11-17(24)8-9-19(15)22(20)25/h4-12,14H,3,13H2,1-2H3,(H,26,28)(H,27,29). The van der Waals surface area contributed by atoms with E-state index in [1.807, 2.05) is 38.1 Å². The number of fused-ring (bicyclic) bond motifs is 1. The van der Waals surface area contributed by atoms with Crippen LogP contribution >= 0.6 is 31.9 Å². The smallest absolute Gasteiger partial charge is 0.276 e. The molecule has 3 rings (SSSR count). The quantitative estimate of drug-likeness (QED) is 0.388. The van der Waals surface area contributed by atoms with E-state index in [4.69, 9.17) is 9.47 Å². The van der Waals surface area contributed by atoms with E-state index in [-0.39, 0.29) is 12.7 Å². The second-order valence-corrected chi connectivity index (χ2v) is 8.61. The molecule has 0 saturated heterocycles. The summed E-state index contributed by atoms with van der Waals surface area (Å²) in [6, 6.07) is 16.4. The van der Waals surface area contributed by atoms with Crippen LogP contribution in [0.25, 0.3) is 10.8 Å². The third-order valence-electron chi connectivity index (χ3n) is 4.56. The molecule has 31 heavy (non-hydrogen) atoms. The average Bonchev–Trinajstić information content (AvgIpc) is 2.77. The zero-order valence-corrected chi connectivity index (χ0v) is 20.2. The first-order chi connectivity index (χ1) is 14.9. The van der Waals surface area contributed by atoms with Gasteiger partial charge in [0.2, 0.25) is 0 Å². The summed E-state index contributed by atoms with van der Waals surface area (Å²) in [6.45, 7) is 3.73. The van der Waals surface area contributed by atoms with Crippen LogP contribution in [-0.2, 0) is 4.79 Å². The van der Waals surface area contributed by atoms with Crippen LogP contribution in [-0.4, -0.2) is 24.5 Å². The normalized spacial score (nSPS) is 11.6. The molecule has 0 spiro atoms. The minimum atomic E-state index is -0.483. The van der Waals surface area contributed by atoms with Crippen molar-refractivity contribution in [2.75, 3.05) is 6.61 Å². The molecule has 1 unspecified atom stereocenters. The Morgan fingerprint density at radius 3 is 2.61 bits per heavy atom. The maximum Gasteiger partial charge on any atom is 0.276 e. The Labute approximate surface area is 197 Å². The molecule has 0 aliphatic rings. The summed E-state index contributed by atoms with van der Waals surface area (Å²) in [5.41, 5.74) is 5.13. The Balaban J connectivity index is 1.54. The van der Waals surface area contributed by atoms with E-state index in [9.17, 15) is 9.59 Å². The Hall–Kier alpha value is -2.58. The van der Waals surface area contributed by atoms with Crippen LogP contribution in [0.1, 0.15) is 30.6 Å². The molecule has 0 saturated carbocycles. The van der Waals surface area contributed by atoms with Crippen molar-refractivity contribution in [3.05, 3.63) is 69.1 Å². The van der Waals surface area contributed by atoms with Crippen LogP contribution in [0.15, 0.2) is 63.5 Å². The molecule has 6 nitrogen and oxygen atoms in total. The first-order valence-electron chi connectivity index (χ1n) is 9.74. The predicted octanol–water partition coefficient (Wildman–Crippen LogP) is 5.38. The van der Waals surface area contributed by atoms with E-state index in [0.29, 0.717) is 17.1 Å². The lowest BCUT2D eigenvalue weighted by atomic mass is 10.1. The van der Waals surface area contributed by atoms with E-state index >= 15 is 0 Å². The minimum absolute atomic E-state index is 0.0473. The van der Waals surface area contributed by atoms with Gasteiger partial charge in [0.1, 0.15) is 11.5 Å². The fourth-order valence-corrected chi connectivity index (χ4v) is 3.75. The molecule has 0 fully saturated rings. The van der Waals surface area contributed by atoms with Gasteiger partial charge in [-0.15, -0.1) is 0 Å². The van der Waals surface area contributed by atoms with Crippen molar-refractivity contribution in [1.29, 1.82) is 0 Å². The molecule has 2 amide bonds. The van der Waals surface area contributed by atoms with Crippen molar-refractivity contribution in [2.24, 2.45) is 0 Å². The maximum absolute atomic E-state index is 12.3. The molecule has 0 aliphatic carbocycles. The Morgan fingerprint density at radius 1 is 1.03 bits per heavy atom. The summed E-state index contributed by atoms with van der Waals surface area (Å²) < 4.78 is 13.1. The van der Waals surface area contributed by atoms with Crippen molar-refractivity contribution in [1.82, 2.24) is 10.9 Å². The number of amides is 2. The third kappa shape index (κ3) is 6.21. The Bertz CT molecular complexity index is 1100. The second-order valence-electron chi connectivity index (χ2n) is 6.90. The molecular weight excluding hydrogens is 528 g/mol. The number of halogens is 2. The number of hydrogen-bond donors (Lipinski definition) is 2. The number of hydrogen-bond acceptors (Lipinski definition) is 4. The van der Waals surface area contributed by atoms with Gasteiger partial charge in [0.25, 0.3) is 11.8 Å². The molecule has 0 bridgehead atoms. The highest BCUT2D eigenvalue weighted by Gasteiger charge is 2.12. The van der Waals surface area contributed by atoms with Gasteiger partial charge in [0.05, 0.1) is 10.6 Å². The highest BCUT2D eigenvalue weighted by atomic mass is 79.9. The third-order valence-corrected chi connectivity index (χ3v) is 5.87. The van der Waals surface area contributed by atoms with Crippen LogP contribution in [0.5, 0.6) is 11.5 Å². The van der Waals surface area contributed by atoms with E-state index in [1.165, 1.54) is 0 Å². The molecule has 162 valence electrons. The summed E-state index contributed by atoms with van der Waals surface area (Å²) in [5.74, 6) is 0.208. The van der Waals surface area contributed by atoms with Crippen molar-refractivity contribution >= 4 is 54.4 Å². The van der Waals surface area contributed by atoms with Gasteiger partial charge in [-0.1, -0.05) is 41.1 Å². The Kier molecular flexibility index (Phi) is 7.92. The molecule has 3 aromatic carbocycles. The topological polar surface area (TPSA) is 76.7 Å². The van der Waals surface area contributed by atoms with E-state index in [0.717, 1.165) is 26.1 Å². The van der Waals surface area contributed by atoms with Crippen LogP contribution < -0.4 is 20.3 Å². The summed E-state index contributed by atoms with van der Waals surface area (Å²) in [6.07, 6.45) is 0.906. The van der Waals surface area contributed by atoms with Crippen molar-refractivity contribution in [2.45, 2.75) is 26.4 Å². The van der Waals surface area contributed by atoms with Crippen molar-refractivity contribution in [3.63, 3.8) is 0 Å². The molecule has 8 heteroatoms. The van der Waals surface area contributed by atoms with Gasteiger partial charge >= 0.3 is 0 Å². The van der Waals surface area contributed by atoms with Crippen LogP contribution in [0.3, 0.4) is 0 Å². The first-order valence-corrected chi connectivity index (χ1v) is 11.3. The lowest BCUT2D eigenvalue weighted by Crippen LogP contribution is -2.43. The minimum Gasteiger partial charge on any atom is -0.491 e. The monoisotopic (exact) mass is 548 g/mol. The van der Waals surface area contributed by atoms with Gasteiger partial charge in [0, 0.05) is 10.0 Å². The van der Waals surface area contributed by atoms with Gasteiger partial charge in [-0.25, -0.2) is 0 Å². The number of carbonyl (C=O) groups excluding carboxylic acids is 2. The molecule has 0 radical (unpaired) electrons. The van der Waals surface area contributed by atoms with Crippen LogP contribution in [0, 0.1) is 0 Å². The lowest BCUT2D eigenvalue weighted by molar-refractivity contribution is -0.123. The fraction of sp³-hybridized carbons (Fsp3) is 0.217. The molecule has 3 aromatic rings. The SMILES string of the molecule is CCC(C)Oc1cccc(C(=O)NNC(=O)COc2ccc3cc(Br)ccc3c2Br)c1. The molecule has 0 aliphatic heterocycles. The molecule has 0 heterocycles. The van der Waals surface area contributed by atoms with E-state index < -0.39 is 11.8 Å². The largest absolute Gasteiger partial charge is 0.491 e. The lowest BCUT2D eigenvalue weighted by Gasteiger charge is -2.14. The fourth-order valence-electron chi connectivity index (χ4n) is 2.76. The summed E-state index contributed by atoms with van der Waals surface area (Å²) >= 11 is 6.97. The van der Waals surface area contributed by atoms with Crippen LogP contribution in [0.4, 0.5) is 0 Å². The Morgan fingerprint density at radius 2 is 1.84 bits per heavy atom. The number of carbonyl (C=O) groups is 2. The second kappa shape index (κ2) is 10.6.